The molecule has 0 saturated carbocycles. The lowest BCUT2D eigenvalue weighted by Crippen LogP contribution is -2.53. The van der Waals surface area contributed by atoms with Crippen molar-refractivity contribution in [1.29, 1.82) is 0 Å². The van der Waals surface area contributed by atoms with Crippen LogP contribution in [0, 0.1) is 0 Å². The van der Waals surface area contributed by atoms with Crippen LogP contribution < -0.4 is 10.2 Å². The molecule has 0 atom stereocenters. The number of ether oxygens (including phenoxy) is 1. The molecule has 0 amide bonds. The van der Waals surface area contributed by atoms with Gasteiger partial charge in [-0.1, -0.05) is 13.0 Å². The van der Waals surface area contributed by atoms with E-state index < -0.39 is 0 Å². The molecule has 0 unspecified atom stereocenters. The first-order valence-electron chi connectivity index (χ1n) is 10.4. The summed E-state index contributed by atoms with van der Waals surface area (Å²) in [4.78, 5) is 13.9. The number of halogens is 1. The zero-order valence-electron chi connectivity index (χ0n) is 17.9. The number of rotatable bonds is 9. The number of methoxy groups -OCH3 is 1. The lowest BCUT2D eigenvalue weighted by molar-refractivity contribution is 0.197. The molecular weight excluding hydrogens is 495 g/mol. The average Bonchev–Trinajstić information content (AvgIpc) is 3.24. The Bertz CT molecular complexity index is 746. The van der Waals surface area contributed by atoms with E-state index in [4.69, 9.17) is 9.73 Å². The molecule has 1 aliphatic heterocycles. The maximum absolute atomic E-state index is 5.15. The molecule has 2 aromatic heterocycles. The third kappa shape index (κ3) is 7.08. The van der Waals surface area contributed by atoms with E-state index in [2.05, 4.69) is 47.9 Å². The van der Waals surface area contributed by atoms with Crippen molar-refractivity contribution >= 4 is 35.8 Å². The Kier molecular flexibility index (Phi) is 10.8. The number of aliphatic imine (C=N–C) groups is 1. The maximum Gasteiger partial charge on any atom is 0.194 e. The second-order valence-electron chi connectivity index (χ2n) is 6.93. The minimum atomic E-state index is 0. The molecule has 10 heteroatoms. The maximum atomic E-state index is 5.15. The second kappa shape index (κ2) is 13.4. The molecule has 166 valence electrons. The smallest absolute Gasteiger partial charge is 0.194 e. The number of guanidine groups is 1. The van der Waals surface area contributed by atoms with Gasteiger partial charge in [0.05, 0.1) is 0 Å². The highest BCUT2D eigenvalue weighted by atomic mass is 127. The lowest BCUT2D eigenvalue weighted by atomic mass is 10.3. The fraction of sp³-hybridized carbons (Fsp3) is 0.600. The van der Waals surface area contributed by atoms with E-state index in [1.165, 1.54) is 0 Å². The summed E-state index contributed by atoms with van der Waals surface area (Å²) in [7, 11) is 1.73. The molecule has 30 heavy (non-hydrogen) atoms. The summed E-state index contributed by atoms with van der Waals surface area (Å²) in [5.74, 6) is 3.01. The van der Waals surface area contributed by atoms with Crippen molar-refractivity contribution in [2.75, 3.05) is 57.9 Å². The second-order valence-corrected chi connectivity index (χ2v) is 6.93. The molecule has 0 radical (unpaired) electrons. The van der Waals surface area contributed by atoms with Gasteiger partial charge in [-0.2, -0.15) is 0 Å². The number of piperazine rings is 1. The van der Waals surface area contributed by atoms with Crippen LogP contribution in [0.3, 0.4) is 0 Å². The van der Waals surface area contributed by atoms with Crippen LogP contribution in [0.1, 0.15) is 19.2 Å². The minimum Gasteiger partial charge on any atom is -0.385 e. The molecule has 3 rings (SSSR count). The molecule has 1 aliphatic rings. The van der Waals surface area contributed by atoms with E-state index in [1.54, 1.807) is 13.4 Å². The first-order valence-corrected chi connectivity index (χ1v) is 10.4. The van der Waals surface area contributed by atoms with Crippen LogP contribution in [0.2, 0.25) is 0 Å². The van der Waals surface area contributed by atoms with Crippen LogP contribution in [0.15, 0.2) is 35.7 Å². The zero-order chi connectivity index (χ0) is 20.3. The summed E-state index contributed by atoms with van der Waals surface area (Å²) in [5.41, 5.74) is 0. The third-order valence-corrected chi connectivity index (χ3v) is 4.97. The number of pyridine rings is 1. The molecule has 3 heterocycles. The number of nitrogens with zero attached hydrogens (tertiary/aromatic N) is 7. The normalized spacial score (nSPS) is 14.5. The highest BCUT2D eigenvalue weighted by Crippen LogP contribution is 2.12. The number of aromatic nitrogens is 4. The SMILES string of the molecule is CCc1nncn1CCNC(=NCCCOC)N1CCN(c2ccccn2)CC1.I. The van der Waals surface area contributed by atoms with Crippen molar-refractivity contribution < 1.29 is 4.74 Å². The van der Waals surface area contributed by atoms with E-state index >= 15 is 0 Å². The van der Waals surface area contributed by atoms with Crippen LogP contribution >= 0.6 is 24.0 Å². The van der Waals surface area contributed by atoms with Gasteiger partial charge in [0.25, 0.3) is 0 Å². The van der Waals surface area contributed by atoms with Crippen molar-refractivity contribution in [2.24, 2.45) is 4.99 Å². The Labute approximate surface area is 195 Å². The first-order chi connectivity index (χ1) is 14.3. The molecule has 0 aliphatic carbocycles. The van der Waals surface area contributed by atoms with Gasteiger partial charge in [-0.05, 0) is 18.6 Å². The number of hydrogen-bond acceptors (Lipinski definition) is 6. The molecule has 0 bridgehead atoms. The monoisotopic (exact) mass is 528 g/mol. The molecule has 9 nitrogen and oxygen atoms in total. The Morgan fingerprint density at radius 2 is 2.07 bits per heavy atom. The predicted molar refractivity (Wildman–Crippen MR) is 130 cm³/mol. The molecule has 1 saturated heterocycles. The van der Waals surface area contributed by atoms with Crippen LogP contribution in [0.25, 0.3) is 0 Å². The zero-order valence-corrected chi connectivity index (χ0v) is 20.2. The van der Waals surface area contributed by atoms with Gasteiger partial charge in [0, 0.05) is 72.1 Å². The van der Waals surface area contributed by atoms with Gasteiger partial charge in [-0.25, -0.2) is 4.98 Å². The van der Waals surface area contributed by atoms with Gasteiger partial charge < -0.3 is 24.4 Å². The van der Waals surface area contributed by atoms with E-state index in [0.717, 1.165) is 82.9 Å². The van der Waals surface area contributed by atoms with Gasteiger partial charge in [0.15, 0.2) is 5.96 Å². The fourth-order valence-electron chi connectivity index (χ4n) is 3.38. The summed E-state index contributed by atoms with van der Waals surface area (Å²) in [6.07, 6.45) is 5.44. The number of aryl methyl sites for hydroxylation is 1. The largest absolute Gasteiger partial charge is 0.385 e. The van der Waals surface area contributed by atoms with Gasteiger partial charge in [0.1, 0.15) is 18.0 Å². The number of nitrogens with one attached hydrogen (secondary N) is 1. The van der Waals surface area contributed by atoms with Crippen molar-refractivity contribution in [2.45, 2.75) is 26.3 Å². The average molecular weight is 528 g/mol. The predicted octanol–water partition coefficient (Wildman–Crippen LogP) is 1.66. The summed E-state index contributed by atoms with van der Waals surface area (Å²) < 4.78 is 7.25. The molecule has 0 aromatic carbocycles. The van der Waals surface area contributed by atoms with Gasteiger partial charge in [0.2, 0.25) is 0 Å². The van der Waals surface area contributed by atoms with Gasteiger partial charge in [-0.15, -0.1) is 34.2 Å². The summed E-state index contributed by atoms with van der Waals surface area (Å²) >= 11 is 0. The van der Waals surface area contributed by atoms with Crippen LogP contribution in [0.4, 0.5) is 5.82 Å². The quantitative estimate of drug-likeness (QED) is 0.230. The summed E-state index contributed by atoms with van der Waals surface area (Å²) in [5, 5.41) is 11.7. The summed E-state index contributed by atoms with van der Waals surface area (Å²) in [6, 6.07) is 6.06. The van der Waals surface area contributed by atoms with Crippen molar-refractivity contribution in [3.8, 4) is 0 Å². The van der Waals surface area contributed by atoms with Crippen LogP contribution in [-0.2, 0) is 17.7 Å². The Morgan fingerprint density at radius 3 is 2.77 bits per heavy atom. The highest BCUT2D eigenvalue weighted by Gasteiger charge is 2.20. The van der Waals surface area contributed by atoms with Crippen LogP contribution in [-0.4, -0.2) is 83.6 Å². The van der Waals surface area contributed by atoms with E-state index in [1.807, 2.05) is 18.3 Å². The van der Waals surface area contributed by atoms with Gasteiger partial charge in [-0.3, -0.25) is 4.99 Å². The Balaban J connectivity index is 0.00000320. The summed E-state index contributed by atoms with van der Waals surface area (Å²) in [6.45, 7) is 8.88. The fourth-order valence-corrected chi connectivity index (χ4v) is 3.38. The lowest BCUT2D eigenvalue weighted by Gasteiger charge is -2.37. The number of anilines is 1. The van der Waals surface area contributed by atoms with E-state index in [9.17, 15) is 0 Å². The standard InChI is InChI=1S/C20H32N8O.HI/c1-3-18-25-24-17-28(18)11-10-23-20(22-9-6-16-29-2)27-14-12-26(13-15-27)19-7-4-5-8-21-19;/h4-5,7-8,17H,3,6,9-16H2,1-2H3,(H,22,23);1H. The van der Waals surface area contributed by atoms with Gasteiger partial charge >= 0.3 is 0 Å². The number of hydrogen-bond donors (Lipinski definition) is 1. The minimum absolute atomic E-state index is 0. The molecule has 2 aromatic rings. The van der Waals surface area contributed by atoms with Crippen LogP contribution in [0.5, 0.6) is 0 Å². The van der Waals surface area contributed by atoms with Crippen molar-refractivity contribution in [3.63, 3.8) is 0 Å². The van der Waals surface area contributed by atoms with E-state index in [-0.39, 0.29) is 24.0 Å². The molecule has 1 N–H and O–H groups in total. The topological polar surface area (TPSA) is 83.7 Å². The first kappa shape index (κ1) is 24.3. The van der Waals surface area contributed by atoms with Crippen molar-refractivity contribution in [3.05, 3.63) is 36.5 Å². The third-order valence-electron chi connectivity index (χ3n) is 4.97. The highest BCUT2D eigenvalue weighted by molar-refractivity contribution is 14.0. The van der Waals surface area contributed by atoms with Crippen molar-refractivity contribution in [1.82, 2.24) is 30.0 Å². The Hall–Kier alpha value is -1.95. The molecule has 0 spiro atoms. The molecular formula is C20H33IN8O. The Morgan fingerprint density at radius 1 is 1.23 bits per heavy atom. The van der Waals surface area contributed by atoms with E-state index in [0.29, 0.717) is 0 Å². The molecule has 1 fully saturated rings.